The second kappa shape index (κ2) is 15.4. The van der Waals surface area contributed by atoms with Crippen LogP contribution in [0.4, 0.5) is 0 Å². The molecule has 0 spiro atoms. The summed E-state index contributed by atoms with van der Waals surface area (Å²) >= 11 is 1.44. The van der Waals surface area contributed by atoms with Gasteiger partial charge in [0.2, 0.25) is 29.5 Å². The van der Waals surface area contributed by atoms with Crippen molar-refractivity contribution in [3.8, 4) is 0 Å². The highest BCUT2D eigenvalue weighted by molar-refractivity contribution is 7.98. The molecule has 0 saturated carbocycles. The molecule has 4 unspecified atom stereocenters. The number of carbonyl (C=O) groups excluding carboxylic acids is 5. The molecule has 0 aromatic heterocycles. The molecule has 34 heavy (non-hydrogen) atoms. The third-order valence-electron chi connectivity index (χ3n) is 4.31. The molecule has 15 nitrogen and oxygen atoms in total. The van der Waals surface area contributed by atoms with Crippen molar-refractivity contribution in [1.82, 2.24) is 16.0 Å². The molecule has 0 aliphatic carbocycles. The third kappa shape index (κ3) is 12.6. The lowest BCUT2D eigenvalue weighted by Crippen LogP contribution is -2.58. The zero-order valence-electron chi connectivity index (χ0n) is 18.4. The standard InChI is InChI=1S/C18H30N6O9S/c1-34-5-4-8(19)15(29)23-10(6-13(21)26)17(31)22-9(2-3-12(20)25)16(30)24-11(18(32)33)7-14(27)28/h8-11H,2-7,19H2,1H3,(H2,20,25)(H2,21,26)(H,22,31)(H,23,29)(H,24,30)(H,27,28)(H,32,33). The van der Waals surface area contributed by atoms with Crippen molar-refractivity contribution < 1.29 is 43.8 Å². The fraction of sp³-hybridized carbons (Fsp3) is 0.611. The summed E-state index contributed by atoms with van der Waals surface area (Å²) in [7, 11) is 0. The van der Waals surface area contributed by atoms with E-state index in [0.29, 0.717) is 5.75 Å². The quantitative estimate of drug-likeness (QED) is 0.0947. The second-order valence-corrected chi connectivity index (χ2v) is 8.17. The molecule has 0 rings (SSSR count). The zero-order valence-corrected chi connectivity index (χ0v) is 19.3. The number of carbonyl (C=O) groups is 7. The summed E-state index contributed by atoms with van der Waals surface area (Å²) in [4.78, 5) is 82.1. The molecule has 0 radical (unpaired) electrons. The van der Waals surface area contributed by atoms with Gasteiger partial charge < -0.3 is 43.4 Å². The van der Waals surface area contributed by atoms with E-state index in [4.69, 9.17) is 27.4 Å². The lowest BCUT2D eigenvalue weighted by atomic mass is 10.1. The molecule has 0 aromatic carbocycles. The van der Waals surface area contributed by atoms with Crippen molar-refractivity contribution >= 4 is 53.2 Å². The van der Waals surface area contributed by atoms with Gasteiger partial charge in [0.1, 0.15) is 18.1 Å². The molecule has 0 heterocycles. The number of thioether (sulfide) groups is 1. The van der Waals surface area contributed by atoms with Gasteiger partial charge >= 0.3 is 11.9 Å². The van der Waals surface area contributed by atoms with Gasteiger partial charge in [-0.3, -0.25) is 28.8 Å². The predicted molar refractivity (Wildman–Crippen MR) is 119 cm³/mol. The first-order chi connectivity index (χ1) is 15.8. The molecule has 0 bridgehead atoms. The maximum atomic E-state index is 12.7. The van der Waals surface area contributed by atoms with E-state index in [1.807, 2.05) is 5.32 Å². The minimum atomic E-state index is -1.83. The molecular weight excluding hydrogens is 476 g/mol. The van der Waals surface area contributed by atoms with E-state index in [1.54, 1.807) is 6.26 Å². The highest BCUT2D eigenvalue weighted by Gasteiger charge is 2.31. The van der Waals surface area contributed by atoms with Crippen LogP contribution in [0.2, 0.25) is 0 Å². The molecule has 192 valence electrons. The van der Waals surface area contributed by atoms with Crippen LogP contribution in [-0.2, 0) is 33.6 Å². The van der Waals surface area contributed by atoms with Crippen molar-refractivity contribution in [1.29, 1.82) is 0 Å². The number of rotatable bonds is 17. The van der Waals surface area contributed by atoms with E-state index in [1.165, 1.54) is 11.8 Å². The van der Waals surface area contributed by atoms with Crippen molar-refractivity contribution in [2.24, 2.45) is 17.2 Å². The Bertz CT molecular complexity index is 794. The smallest absolute Gasteiger partial charge is 0.326 e. The number of nitrogens with one attached hydrogen (secondary N) is 3. The summed E-state index contributed by atoms with van der Waals surface area (Å²) in [6.07, 6.45) is -0.295. The number of hydrogen-bond acceptors (Lipinski definition) is 9. The van der Waals surface area contributed by atoms with Gasteiger partial charge in [-0.25, -0.2) is 4.79 Å². The molecule has 0 saturated heterocycles. The Morgan fingerprint density at radius 2 is 1.29 bits per heavy atom. The fourth-order valence-corrected chi connectivity index (χ4v) is 3.03. The Kier molecular flexibility index (Phi) is 13.9. The normalized spacial score (nSPS) is 14.1. The third-order valence-corrected chi connectivity index (χ3v) is 4.96. The minimum absolute atomic E-state index is 0.279. The van der Waals surface area contributed by atoms with Crippen molar-refractivity contribution in [3.05, 3.63) is 0 Å². The number of primary amides is 2. The first kappa shape index (κ1) is 30.6. The van der Waals surface area contributed by atoms with E-state index in [0.717, 1.165) is 0 Å². The monoisotopic (exact) mass is 506 g/mol. The van der Waals surface area contributed by atoms with Gasteiger partial charge in [-0.1, -0.05) is 0 Å². The molecule has 16 heteroatoms. The van der Waals surface area contributed by atoms with Crippen LogP contribution in [0.1, 0.15) is 32.1 Å². The summed E-state index contributed by atoms with van der Waals surface area (Å²) in [5.74, 6) is -7.30. The molecule has 0 aliphatic heterocycles. The molecular formula is C18H30N6O9S. The second-order valence-electron chi connectivity index (χ2n) is 7.18. The SMILES string of the molecule is CSCCC(N)C(=O)NC(CC(N)=O)C(=O)NC(CCC(N)=O)C(=O)NC(CC(=O)O)C(=O)O. The largest absolute Gasteiger partial charge is 0.481 e. The molecule has 5 amide bonds. The fourth-order valence-electron chi connectivity index (χ4n) is 2.54. The van der Waals surface area contributed by atoms with Crippen molar-refractivity contribution in [3.63, 3.8) is 0 Å². The van der Waals surface area contributed by atoms with Gasteiger partial charge in [0.25, 0.3) is 0 Å². The van der Waals surface area contributed by atoms with E-state index in [-0.39, 0.29) is 12.8 Å². The number of carboxylic acids is 2. The first-order valence-electron chi connectivity index (χ1n) is 9.95. The molecule has 0 aliphatic rings. The Labute approximate surface area is 198 Å². The van der Waals surface area contributed by atoms with E-state index < -0.39 is 84.9 Å². The topological polar surface area (TPSA) is 274 Å². The number of nitrogens with two attached hydrogens (primary N) is 3. The van der Waals surface area contributed by atoms with Gasteiger partial charge in [-0.05, 0) is 24.9 Å². The van der Waals surface area contributed by atoms with Gasteiger partial charge in [-0.2, -0.15) is 11.8 Å². The van der Waals surface area contributed by atoms with E-state index in [9.17, 15) is 33.6 Å². The lowest BCUT2D eigenvalue weighted by molar-refractivity contribution is -0.147. The minimum Gasteiger partial charge on any atom is -0.481 e. The highest BCUT2D eigenvalue weighted by atomic mass is 32.2. The number of carboxylic acid groups (broad SMARTS) is 2. The Hall–Kier alpha value is -3.40. The Morgan fingerprint density at radius 3 is 1.76 bits per heavy atom. The van der Waals surface area contributed by atoms with Crippen molar-refractivity contribution in [2.75, 3.05) is 12.0 Å². The summed E-state index contributed by atoms with van der Waals surface area (Å²) in [5.41, 5.74) is 15.9. The van der Waals surface area contributed by atoms with Crippen LogP contribution >= 0.6 is 11.8 Å². The van der Waals surface area contributed by atoms with Crippen LogP contribution < -0.4 is 33.2 Å². The van der Waals surface area contributed by atoms with Crippen LogP contribution in [-0.4, -0.2) is 87.9 Å². The van der Waals surface area contributed by atoms with Crippen LogP contribution in [0.5, 0.6) is 0 Å². The van der Waals surface area contributed by atoms with Crippen LogP contribution in [0.25, 0.3) is 0 Å². The summed E-state index contributed by atoms with van der Waals surface area (Å²) < 4.78 is 0. The van der Waals surface area contributed by atoms with Gasteiger partial charge in [-0.15, -0.1) is 0 Å². The van der Waals surface area contributed by atoms with Gasteiger partial charge in [0, 0.05) is 6.42 Å². The number of amides is 5. The Balaban J connectivity index is 5.57. The van der Waals surface area contributed by atoms with Crippen LogP contribution in [0, 0.1) is 0 Å². The van der Waals surface area contributed by atoms with Gasteiger partial charge in [0.15, 0.2) is 0 Å². The summed E-state index contributed by atoms with van der Waals surface area (Å²) in [6.45, 7) is 0. The highest BCUT2D eigenvalue weighted by Crippen LogP contribution is 2.04. The molecule has 4 atom stereocenters. The maximum Gasteiger partial charge on any atom is 0.326 e. The first-order valence-corrected chi connectivity index (χ1v) is 11.3. The molecule has 11 N–H and O–H groups in total. The van der Waals surface area contributed by atoms with E-state index in [2.05, 4.69) is 10.6 Å². The predicted octanol–water partition coefficient (Wildman–Crippen LogP) is -3.78. The maximum absolute atomic E-state index is 12.7. The van der Waals surface area contributed by atoms with Gasteiger partial charge in [0.05, 0.1) is 18.9 Å². The lowest BCUT2D eigenvalue weighted by Gasteiger charge is -2.24. The van der Waals surface area contributed by atoms with Crippen LogP contribution in [0.15, 0.2) is 0 Å². The summed E-state index contributed by atoms with van der Waals surface area (Å²) in [6, 6.07) is -5.89. The number of aliphatic carboxylic acids is 2. The van der Waals surface area contributed by atoms with Crippen LogP contribution in [0.3, 0.4) is 0 Å². The van der Waals surface area contributed by atoms with Crippen molar-refractivity contribution in [2.45, 2.75) is 56.3 Å². The summed E-state index contributed by atoms with van der Waals surface area (Å²) in [5, 5.41) is 24.3. The average molecular weight is 507 g/mol. The zero-order chi connectivity index (χ0) is 26.4. The average Bonchev–Trinajstić information content (AvgIpc) is 2.72. The number of hydrogen-bond donors (Lipinski definition) is 8. The Morgan fingerprint density at radius 1 is 0.765 bits per heavy atom. The molecule has 0 fully saturated rings. The van der Waals surface area contributed by atoms with E-state index >= 15 is 0 Å². The molecule has 0 aromatic rings.